The zero-order valence-electron chi connectivity index (χ0n) is 12.1. The summed E-state index contributed by atoms with van der Waals surface area (Å²) in [7, 11) is 0. The van der Waals surface area contributed by atoms with Gasteiger partial charge in [-0.2, -0.15) is 4.98 Å². The Labute approximate surface area is 127 Å². The van der Waals surface area contributed by atoms with Crippen molar-refractivity contribution in [1.29, 1.82) is 0 Å². The van der Waals surface area contributed by atoms with E-state index >= 15 is 0 Å². The van der Waals surface area contributed by atoms with Crippen molar-refractivity contribution in [3.8, 4) is 11.4 Å². The predicted octanol–water partition coefficient (Wildman–Crippen LogP) is 3.64. The van der Waals surface area contributed by atoms with Crippen LogP contribution < -0.4 is 5.73 Å². The van der Waals surface area contributed by atoms with Crippen LogP contribution in [0.25, 0.3) is 11.4 Å². The third kappa shape index (κ3) is 3.27. The van der Waals surface area contributed by atoms with Crippen molar-refractivity contribution in [2.24, 2.45) is 11.7 Å². The number of aryl methyl sites for hydroxylation is 2. The number of rotatable bonds is 5. The molecular formula is C15H20BrN3O. The fourth-order valence-corrected chi connectivity index (χ4v) is 2.40. The van der Waals surface area contributed by atoms with Crippen molar-refractivity contribution in [3.63, 3.8) is 0 Å². The topological polar surface area (TPSA) is 64.9 Å². The van der Waals surface area contributed by atoms with E-state index in [-0.39, 0.29) is 0 Å². The standard InChI is InChI=1S/C15H20BrN3O/c1-4-11(8-17)7-13-18-15(19-20-13)12-5-9(2)14(16)10(3)6-12/h5-6,11H,4,7-8,17H2,1-3H3. The van der Waals surface area contributed by atoms with E-state index in [0.29, 0.717) is 24.2 Å². The van der Waals surface area contributed by atoms with Crippen LogP contribution in [0, 0.1) is 19.8 Å². The zero-order valence-corrected chi connectivity index (χ0v) is 13.7. The Morgan fingerprint density at radius 1 is 1.30 bits per heavy atom. The van der Waals surface area contributed by atoms with Gasteiger partial charge in [0.25, 0.3) is 0 Å². The first-order chi connectivity index (χ1) is 9.55. The molecule has 5 heteroatoms. The van der Waals surface area contributed by atoms with E-state index in [9.17, 15) is 0 Å². The number of aromatic nitrogens is 2. The van der Waals surface area contributed by atoms with Crippen LogP contribution in [0.3, 0.4) is 0 Å². The summed E-state index contributed by atoms with van der Waals surface area (Å²) in [6.07, 6.45) is 1.76. The molecule has 2 N–H and O–H groups in total. The van der Waals surface area contributed by atoms with E-state index in [1.165, 1.54) is 11.1 Å². The van der Waals surface area contributed by atoms with E-state index in [1.807, 2.05) is 0 Å². The average Bonchev–Trinajstić information content (AvgIpc) is 2.90. The molecule has 1 aromatic carbocycles. The van der Waals surface area contributed by atoms with Gasteiger partial charge >= 0.3 is 0 Å². The van der Waals surface area contributed by atoms with Crippen LogP contribution in [0.2, 0.25) is 0 Å². The molecule has 4 nitrogen and oxygen atoms in total. The number of hydrogen-bond acceptors (Lipinski definition) is 4. The Morgan fingerprint density at radius 3 is 2.50 bits per heavy atom. The van der Waals surface area contributed by atoms with Gasteiger partial charge in [-0.1, -0.05) is 34.4 Å². The minimum atomic E-state index is 0.400. The first-order valence-electron chi connectivity index (χ1n) is 6.84. The van der Waals surface area contributed by atoms with Gasteiger partial charge in [-0.05, 0) is 49.6 Å². The van der Waals surface area contributed by atoms with Crippen LogP contribution in [0.4, 0.5) is 0 Å². The number of halogens is 1. The highest BCUT2D eigenvalue weighted by atomic mass is 79.9. The van der Waals surface area contributed by atoms with Crippen LogP contribution >= 0.6 is 15.9 Å². The third-order valence-corrected chi connectivity index (χ3v) is 4.79. The molecule has 2 rings (SSSR count). The highest BCUT2D eigenvalue weighted by Crippen LogP contribution is 2.27. The molecule has 0 aliphatic rings. The maximum Gasteiger partial charge on any atom is 0.227 e. The van der Waals surface area contributed by atoms with Gasteiger partial charge in [0.15, 0.2) is 0 Å². The van der Waals surface area contributed by atoms with Gasteiger partial charge in [0.1, 0.15) is 0 Å². The molecule has 0 bridgehead atoms. The summed E-state index contributed by atoms with van der Waals surface area (Å²) < 4.78 is 6.46. The van der Waals surface area contributed by atoms with E-state index < -0.39 is 0 Å². The Morgan fingerprint density at radius 2 is 1.95 bits per heavy atom. The van der Waals surface area contributed by atoms with Crippen molar-refractivity contribution in [1.82, 2.24) is 10.1 Å². The van der Waals surface area contributed by atoms with Gasteiger partial charge in [0.05, 0.1) is 0 Å². The third-order valence-electron chi connectivity index (χ3n) is 3.54. The van der Waals surface area contributed by atoms with E-state index in [4.69, 9.17) is 10.3 Å². The lowest BCUT2D eigenvalue weighted by Gasteiger charge is -2.07. The smallest absolute Gasteiger partial charge is 0.227 e. The molecule has 1 aromatic heterocycles. The van der Waals surface area contributed by atoms with Crippen molar-refractivity contribution >= 4 is 15.9 Å². The second-order valence-electron chi connectivity index (χ2n) is 5.15. The van der Waals surface area contributed by atoms with Crippen molar-refractivity contribution < 1.29 is 4.52 Å². The SMILES string of the molecule is CCC(CN)Cc1nc(-c2cc(C)c(Br)c(C)c2)no1. The molecule has 0 aliphatic heterocycles. The molecule has 108 valence electrons. The van der Waals surface area contributed by atoms with E-state index in [1.54, 1.807) is 0 Å². The van der Waals surface area contributed by atoms with Gasteiger partial charge in [-0.25, -0.2) is 0 Å². The summed E-state index contributed by atoms with van der Waals surface area (Å²) in [6, 6.07) is 4.12. The molecule has 0 fully saturated rings. The van der Waals surface area contributed by atoms with Crippen LogP contribution in [0.15, 0.2) is 21.1 Å². The van der Waals surface area contributed by atoms with Crippen molar-refractivity contribution in [3.05, 3.63) is 33.6 Å². The van der Waals surface area contributed by atoms with Gasteiger partial charge in [-0.3, -0.25) is 0 Å². The number of nitrogens with zero attached hydrogens (tertiary/aromatic N) is 2. The van der Waals surface area contributed by atoms with Crippen LogP contribution in [-0.4, -0.2) is 16.7 Å². The lowest BCUT2D eigenvalue weighted by Crippen LogP contribution is -2.15. The molecule has 0 saturated heterocycles. The van der Waals surface area contributed by atoms with Crippen molar-refractivity contribution in [2.45, 2.75) is 33.6 Å². The first-order valence-corrected chi connectivity index (χ1v) is 7.64. The minimum Gasteiger partial charge on any atom is -0.339 e. The molecule has 0 spiro atoms. The van der Waals surface area contributed by atoms with Crippen LogP contribution in [-0.2, 0) is 6.42 Å². The summed E-state index contributed by atoms with van der Waals surface area (Å²) >= 11 is 3.56. The Hall–Kier alpha value is -1.20. The monoisotopic (exact) mass is 337 g/mol. The lowest BCUT2D eigenvalue weighted by molar-refractivity contribution is 0.350. The van der Waals surface area contributed by atoms with Gasteiger partial charge < -0.3 is 10.3 Å². The van der Waals surface area contributed by atoms with Crippen molar-refractivity contribution in [2.75, 3.05) is 6.54 Å². The molecular weight excluding hydrogens is 318 g/mol. The second-order valence-corrected chi connectivity index (χ2v) is 5.94. The van der Waals surface area contributed by atoms with Crippen LogP contribution in [0.1, 0.15) is 30.4 Å². The molecule has 1 atom stereocenters. The summed E-state index contributed by atoms with van der Waals surface area (Å²) in [5.41, 5.74) is 9.03. The quantitative estimate of drug-likeness (QED) is 0.904. The number of hydrogen-bond donors (Lipinski definition) is 1. The molecule has 0 amide bonds. The maximum atomic E-state index is 5.71. The fraction of sp³-hybridized carbons (Fsp3) is 0.467. The Balaban J connectivity index is 2.24. The highest BCUT2D eigenvalue weighted by Gasteiger charge is 2.14. The molecule has 2 aromatic rings. The molecule has 0 radical (unpaired) electrons. The first kappa shape index (κ1) is 15.2. The second kappa shape index (κ2) is 6.50. The highest BCUT2D eigenvalue weighted by molar-refractivity contribution is 9.10. The molecule has 20 heavy (non-hydrogen) atoms. The van der Waals surface area contributed by atoms with Gasteiger partial charge in [0, 0.05) is 16.5 Å². The molecule has 1 unspecified atom stereocenters. The molecule has 0 saturated carbocycles. The van der Waals surface area contributed by atoms with Crippen LogP contribution in [0.5, 0.6) is 0 Å². The van der Waals surface area contributed by atoms with Gasteiger partial charge in [0.2, 0.25) is 11.7 Å². The maximum absolute atomic E-state index is 5.71. The fourth-order valence-electron chi connectivity index (χ4n) is 2.17. The van der Waals surface area contributed by atoms with Gasteiger partial charge in [-0.15, -0.1) is 0 Å². The van der Waals surface area contributed by atoms with E-state index in [2.05, 4.69) is 59.0 Å². The van der Waals surface area contributed by atoms with E-state index in [0.717, 1.165) is 22.9 Å². The number of benzene rings is 1. The predicted molar refractivity (Wildman–Crippen MR) is 83.4 cm³/mol. The molecule has 0 aliphatic carbocycles. The molecule has 1 heterocycles. The zero-order chi connectivity index (χ0) is 14.7. The summed E-state index contributed by atoms with van der Waals surface area (Å²) in [4.78, 5) is 4.48. The summed E-state index contributed by atoms with van der Waals surface area (Å²) in [6.45, 7) is 6.88. The Kier molecular flexibility index (Phi) is 4.94. The summed E-state index contributed by atoms with van der Waals surface area (Å²) in [5, 5.41) is 4.08. The lowest BCUT2D eigenvalue weighted by atomic mass is 10.0. The largest absolute Gasteiger partial charge is 0.339 e. The minimum absolute atomic E-state index is 0.400. The normalized spacial score (nSPS) is 12.7. The average molecular weight is 338 g/mol. The Bertz CT molecular complexity index is 568. The number of nitrogens with two attached hydrogens (primary N) is 1. The summed E-state index contributed by atoms with van der Waals surface area (Å²) in [5.74, 6) is 1.71.